The van der Waals surface area contributed by atoms with Crippen LogP contribution in [0.1, 0.15) is 67.8 Å². The largest absolute Gasteiger partial charge is 0.493 e. The van der Waals surface area contributed by atoms with Gasteiger partial charge in [-0.1, -0.05) is 42.8 Å². The van der Waals surface area contributed by atoms with Crippen LogP contribution in [-0.2, 0) is 11.2 Å². The summed E-state index contributed by atoms with van der Waals surface area (Å²) in [6, 6.07) is 20.7. The maximum atomic E-state index is 13.8. The van der Waals surface area contributed by atoms with Crippen molar-refractivity contribution < 1.29 is 14.3 Å². The quantitative estimate of drug-likeness (QED) is 0.270. The third-order valence-electron chi connectivity index (χ3n) is 8.70. The Morgan fingerprint density at radius 1 is 0.952 bits per heavy atom. The number of fused-ring (bicyclic) bond motifs is 1. The lowest BCUT2D eigenvalue weighted by Gasteiger charge is -2.38. The summed E-state index contributed by atoms with van der Waals surface area (Å²) in [5.74, 6) is 1.77. The molecule has 0 N–H and O–H groups in total. The summed E-state index contributed by atoms with van der Waals surface area (Å²) in [6.07, 6.45) is 2.72. The van der Waals surface area contributed by atoms with Crippen molar-refractivity contribution in [3.63, 3.8) is 0 Å². The molecular weight excluding hydrogens is 546 g/mol. The third kappa shape index (κ3) is 6.61. The number of amides is 1. The van der Waals surface area contributed by atoms with Gasteiger partial charge in [-0.25, -0.2) is 0 Å². The fourth-order valence-corrected chi connectivity index (χ4v) is 6.53. The standard InChI is InChI=1S/C35H44ClN3O3/c1-23(2)42-33-21-31-27(19-32(33)41-6)20-34(40)39(35(31)26-7-11-28(36)12-8-26)30-13-9-25(10-14-30)24(3)22-38-17-15-29(16-18-38)37(4)5/h7-14,19,21,23-24,29,35H,15-18,20,22H2,1-6H3/t24?,35-/m0/s1. The Hall–Kier alpha value is -3.06. The highest BCUT2D eigenvalue weighted by atomic mass is 35.5. The van der Waals surface area contributed by atoms with Gasteiger partial charge in [0, 0.05) is 23.3 Å². The molecule has 2 aliphatic heterocycles. The zero-order valence-electron chi connectivity index (χ0n) is 25.8. The molecule has 0 aromatic heterocycles. The van der Waals surface area contributed by atoms with Crippen molar-refractivity contribution in [2.75, 3.05) is 45.7 Å². The van der Waals surface area contributed by atoms with Gasteiger partial charge >= 0.3 is 0 Å². The molecule has 1 fully saturated rings. The van der Waals surface area contributed by atoms with Crippen molar-refractivity contribution in [2.45, 2.75) is 64.1 Å². The molecule has 0 radical (unpaired) electrons. The second-order valence-electron chi connectivity index (χ2n) is 12.3. The zero-order chi connectivity index (χ0) is 30.0. The average Bonchev–Trinajstić information content (AvgIpc) is 2.97. The van der Waals surface area contributed by atoms with Gasteiger partial charge in [0.15, 0.2) is 11.5 Å². The van der Waals surface area contributed by atoms with Gasteiger partial charge in [0.2, 0.25) is 5.91 Å². The third-order valence-corrected chi connectivity index (χ3v) is 8.95. The van der Waals surface area contributed by atoms with Crippen LogP contribution in [-0.4, -0.2) is 68.7 Å². The Morgan fingerprint density at radius 2 is 1.62 bits per heavy atom. The molecule has 0 aliphatic carbocycles. The smallest absolute Gasteiger partial charge is 0.232 e. The van der Waals surface area contributed by atoms with Crippen LogP contribution in [0.25, 0.3) is 0 Å². The number of nitrogens with zero attached hydrogens (tertiary/aromatic N) is 3. The zero-order valence-corrected chi connectivity index (χ0v) is 26.5. The summed E-state index contributed by atoms with van der Waals surface area (Å²) >= 11 is 6.27. The number of rotatable bonds is 9. The van der Waals surface area contributed by atoms with Gasteiger partial charge in [-0.15, -0.1) is 0 Å². The van der Waals surface area contributed by atoms with E-state index in [0.717, 1.165) is 42.0 Å². The van der Waals surface area contributed by atoms with Crippen LogP contribution >= 0.6 is 11.6 Å². The first-order chi connectivity index (χ1) is 20.1. The SMILES string of the molecule is COc1cc2c(cc1OC(C)C)[C@H](c1ccc(Cl)cc1)N(c1ccc(C(C)CN3CCC(N(C)C)CC3)cc1)C(=O)C2. The molecular formula is C35H44ClN3O3. The lowest BCUT2D eigenvalue weighted by atomic mass is 9.86. The Bertz CT molecular complexity index is 1370. The lowest BCUT2D eigenvalue weighted by molar-refractivity contribution is -0.118. The average molecular weight is 590 g/mol. The molecule has 5 rings (SSSR count). The normalized spacial score (nSPS) is 18.8. The predicted molar refractivity (Wildman–Crippen MR) is 171 cm³/mol. The second kappa shape index (κ2) is 13.1. The number of piperidine rings is 1. The van der Waals surface area contributed by atoms with Crippen LogP contribution in [0.15, 0.2) is 60.7 Å². The summed E-state index contributed by atoms with van der Waals surface area (Å²) in [4.78, 5) is 20.7. The number of carbonyl (C=O) groups is 1. The summed E-state index contributed by atoms with van der Waals surface area (Å²) in [7, 11) is 6.00. The van der Waals surface area contributed by atoms with E-state index >= 15 is 0 Å². The van der Waals surface area contributed by atoms with Crippen molar-refractivity contribution in [3.05, 3.63) is 87.9 Å². The highest BCUT2D eigenvalue weighted by Crippen LogP contribution is 2.44. The maximum absolute atomic E-state index is 13.8. The summed E-state index contributed by atoms with van der Waals surface area (Å²) in [6.45, 7) is 9.63. The van der Waals surface area contributed by atoms with Gasteiger partial charge < -0.3 is 24.2 Å². The van der Waals surface area contributed by atoms with E-state index in [9.17, 15) is 4.79 Å². The van der Waals surface area contributed by atoms with Crippen LogP contribution in [0.3, 0.4) is 0 Å². The fourth-order valence-electron chi connectivity index (χ4n) is 6.40. The van der Waals surface area contributed by atoms with Gasteiger partial charge in [0.25, 0.3) is 0 Å². The highest BCUT2D eigenvalue weighted by molar-refractivity contribution is 6.30. The van der Waals surface area contributed by atoms with E-state index in [-0.39, 0.29) is 18.1 Å². The molecule has 0 bridgehead atoms. The van der Waals surface area contributed by atoms with Crippen molar-refractivity contribution in [1.82, 2.24) is 9.80 Å². The highest BCUT2D eigenvalue weighted by Gasteiger charge is 2.36. The Labute approximate surface area is 256 Å². The molecule has 0 spiro atoms. The van der Waals surface area contributed by atoms with Gasteiger partial charge in [0.1, 0.15) is 0 Å². The molecule has 1 amide bonds. The lowest BCUT2D eigenvalue weighted by Crippen LogP contribution is -2.43. The Kier molecular flexibility index (Phi) is 9.46. The molecule has 224 valence electrons. The van der Waals surface area contributed by atoms with E-state index in [2.05, 4.69) is 55.1 Å². The first-order valence-corrected chi connectivity index (χ1v) is 15.5. The van der Waals surface area contributed by atoms with E-state index in [1.54, 1.807) is 7.11 Å². The molecule has 2 heterocycles. The molecule has 2 atom stereocenters. The summed E-state index contributed by atoms with van der Waals surface area (Å²) < 4.78 is 11.8. The molecule has 2 aliphatic rings. The molecule has 0 saturated carbocycles. The van der Waals surface area contributed by atoms with Crippen LogP contribution in [0, 0.1) is 0 Å². The monoisotopic (exact) mass is 589 g/mol. The number of likely N-dealkylation sites (tertiary alicyclic amines) is 1. The van der Waals surface area contributed by atoms with Crippen molar-refractivity contribution in [2.24, 2.45) is 0 Å². The van der Waals surface area contributed by atoms with Crippen LogP contribution < -0.4 is 14.4 Å². The number of methoxy groups -OCH3 is 1. The number of carbonyl (C=O) groups excluding carboxylic acids is 1. The molecule has 3 aromatic carbocycles. The van der Waals surface area contributed by atoms with E-state index in [4.69, 9.17) is 21.1 Å². The first kappa shape index (κ1) is 30.4. The minimum absolute atomic E-state index is 0.0128. The Morgan fingerprint density at radius 3 is 2.21 bits per heavy atom. The van der Waals surface area contributed by atoms with E-state index in [1.807, 2.05) is 55.1 Å². The van der Waals surface area contributed by atoms with E-state index in [1.165, 1.54) is 18.4 Å². The van der Waals surface area contributed by atoms with Crippen molar-refractivity contribution in [3.8, 4) is 11.5 Å². The van der Waals surface area contributed by atoms with Gasteiger partial charge in [-0.2, -0.15) is 0 Å². The van der Waals surface area contributed by atoms with Crippen LogP contribution in [0.4, 0.5) is 5.69 Å². The van der Waals surface area contributed by atoms with E-state index in [0.29, 0.717) is 34.9 Å². The molecule has 42 heavy (non-hydrogen) atoms. The van der Waals surface area contributed by atoms with E-state index < -0.39 is 0 Å². The number of hydrogen-bond donors (Lipinski definition) is 0. The maximum Gasteiger partial charge on any atom is 0.232 e. The van der Waals surface area contributed by atoms with Gasteiger partial charge in [-0.05, 0) is 118 Å². The minimum atomic E-state index is -0.319. The number of anilines is 1. The molecule has 3 aromatic rings. The number of ether oxygens (including phenoxy) is 2. The summed E-state index contributed by atoms with van der Waals surface area (Å²) in [5.41, 5.74) is 5.15. The molecule has 6 nitrogen and oxygen atoms in total. The van der Waals surface area contributed by atoms with Crippen molar-refractivity contribution in [1.29, 1.82) is 0 Å². The van der Waals surface area contributed by atoms with Crippen molar-refractivity contribution >= 4 is 23.2 Å². The number of hydrogen-bond acceptors (Lipinski definition) is 5. The summed E-state index contributed by atoms with van der Waals surface area (Å²) in [5, 5.41) is 0.663. The fraction of sp³-hybridized carbons (Fsp3) is 0.457. The molecule has 1 unspecified atom stereocenters. The van der Waals surface area contributed by atoms with Crippen LogP contribution in [0.2, 0.25) is 5.02 Å². The van der Waals surface area contributed by atoms with Gasteiger partial charge in [0.05, 0.1) is 25.7 Å². The first-order valence-electron chi connectivity index (χ1n) is 15.1. The topological polar surface area (TPSA) is 45.3 Å². The predicted octanol–water partition coefficient (Wildman–Crippen LogP) is 6.94. The minimum Gasteiger partial charge on any atom is -0.493 e. The number of halogens is 1. The number of benzene rings is 3. The second-order valence-corrected chi connectivity index (χ2v) is 12.7. The molecule has 7 heteroatoms. The molecule has 1 saturated heterocycles. The Balaban J connectivity index is 1.44. The van der Waals surface area contributed by atoms with Crippen LogP contribution in [0.5, 0.6) is 11.5 Å². The van der Waals surface area contributed by atoms with Gasteiger partial charge in [-0.3, -0.25) is 4.79 Å².